The van der Waals surface area contributed by atoms with Gasteiger partial charge in [0.1, 0.15) is 5.75 Å². The predicted molar refractivity (Wildman–Crippen MR) is 115 cm³/mol. The van der Waals surface area contributed by atoms with Crippen LogP contribution in [0, 0.1) is 0 Å². The molecule has 0 saturated heterocycles. The molecule has 1 N–H and O–H groups in total. The van der Waals surface area contributed by atoms with Crippen molar-refractivity contribution < 1.29 is 4.74 Å². The zero-order valence-corrected chi connectivity index (χ0v) is 17.9. The first-order chi connectivity index (χ1) is 11.3. The van der Waals surface area contributed by atoms with Gasteiger partial charge < -0.3 is 15.0 Å². The lowest BCUT2D eigenvalue weighted by Gasteiger charge is -2.22. The van der Waals surface area contributed by atoms with Gasteiger partial charge in [0.25, 0.3) is 0 Å². The van der Waals surface area contributed by atoms with Gasteiger partial charge in [0.15, 0.2) is 0 Å². The Hall–Kier alpha value is -0.480. The lowest BCUT2D eigenvalue weighted by atomic mass is 10.2. The minimum absolute atomic E-state index is 0. The van der Waals surface area contributed by atoms with Gasteiger partial charge in [-0.15, -0.1) is 24.8 Å². The summed E-state index contributed by atoms with van der Waals surface area (Å²) in [4.78, 5) is 2.63. The zero-order chi connectivity index (χ0) is 16.8. The number of hydrogen-bond acceptors (Lipinski definition) is 3. The Morgan fingerprint density at radius 1 is 0.920 bits per heavy atom. The molecule has 25 heavy (non-hydrogen) atoms. The van der Waals surface area contributed by atoms with E-state index in [1.807, 2.05) is 13.0 Å². The van der Waals surface area contributed by atoms with Crippen LogP contribution in [0.15, 0.2) is 24.3 Å². The Morgan fingerprint density at radius 3 is 2.16 bits per heavy atom. The molecule has 0 heterocycles. The van der Waals surface area contributed by atoms with Crippen molar-refractivity contribution >= 4 is 24.8 Å². The van der Waals surface area contributed by atoms with Crippen LogP contribution in [0.2, 0.25) is 0 Å². The zero-order valence-electron chi connectivity index (χ0n) is 16.3. The molecule has 5 heteroatoms. The molecule has 0 aliphatic carbocycles. The van der Waals surface area contributed by atoms with Crippen molar-refractivity contribution in [3.8, 4) is 5.75 Å². The van der Waals surface area contributed by atoms with E-state index in [1.54, 1.807) is 0 Å². The van der Waals surface area contributed by atoms with Crippen molar-refractivity contribution in [3.05, 3.63) is 29.8 Å². The van der Waals surface area contributed by atoms with Crippen LogP contribution in [0.3, 0.4) is 0 Å². The molecule has 1 rings (SSSR count). The minimum atomic E-state index is 0. The van der Waals surface area contributed by atoms with Crippen molar-refractivity contribution in [3.63, 3.8) is 0 Å². The molecule has 0 fully saturated rings. The molecular formula is C20H38Cl2N2O. The number of unbranched alkanes of at least 4 members (excludes halogenated alkanes) is 2. The smallest absolute Gasteiger partial charge is 0.119 e. The molecule has 0 radical (unpaired) electrons. The Morgan fingerprint density at radius 2 is 1.56 bits per heavy atom. The fourth-order valence-electron chi connectivity index (χ4n) is 2.67. The molecule has 0 amide bonds. The third-order valence-corrected chi connectivity index (χ3v) is 4.02. The molecule has 1 aromatic carbocycles. The largest absolute Gasteiger partial charge is 0.494 e. The molecule has 0 saturated carbocycles. The van der Waals surface area contributed by atoms with Crippen LogP contribution in [-0.2, 0) is 6.54 Å². The molecule has 0 aliphatic rings. The van der Waals surface area contributed by atoms with Crippen molar-refractivity contribution in [2.75, 3.05) is 32.8 Å². The Balaban J connectivity index is 0. The highest BCUT2D eigenvalue weighted by Crippen LogP contribution is 2.12. The summed E-state index contributed by atoms with van der Waals surface area (Å²) in [6.07, 6.45) is 6.44. The van der Waals surface area contributed by atoms with Gasteiger partial charge in [0.2, 0.25) is 0 Å². The quantitative estimate of drug-likeness (QED) is 0.434. The van der Waals surface area contributed by atoms with Crippen LogP contribution in [0.1, 0.15) is 58.4 Å². The predicted octanol–water partition coefficient (Wildman–Crippen LogP) is 5.31. The SMILES string of the molecule is CCCCN(CCCC)CCCNCc1cccc(OCC)c1.Cl.Cl. The summed E-state index contributed by atoms with van der Waals surface area (Å²) in [5.41, 5.74) is 1.30. The number of nitrogens with zero attached hydrogens (tertiary/aromatic N) is 1. The van der Waals surface area contributed by atoms with Crippen LogP contribution in [0.5, 0.6) is 5.75 Å². The van der Waals surface area contributed by atoms with Crippen LogP contribution in [0.25, 0.3) is 0 Å². The number of rotatable bonds is 14. The fraction of sp³-hybridized carbons (Fsp3) is 0.700. The highest BCUT2D eigenvalue weighted by atomic mass is 35.5. The molecular weight excluding hydrogens is 355 g/mol. The first-order valence-electron chi connectivity index (χ1n) is 9.44. The lowest BCUT2D eigenvalue weighted by Crippen LogP contribution is -2.29. The Labute approximate surface area is 167 Å². The molecule has 148 valence electrons. The van der Waals surface area contributed by atoms with Gasteiger partial charge in [-0.1, -0.05) is 38.8 Å². The maximum atomic E-state index is 5.55. The topological polar surface area (TPSA) is 24.5 Å². The molecule has 0 aromatic heterocycles. The third kappa shape index (κ3) is 13.4. The summed E-state index contributed by atoms with van der Waals surface area (Å²) in [5.74, 6) is 0.970. The van der Waals surface area contributed by atoms with Crippen LogP contribution < -0.4 is 10.1 Å². The average Bonchev–Trinajstić information content (AvgIpc) is 2.57. The third-order valence-electron chi connectivity index (χ3n) is 4.02. The van der Waals surface area contributed by atoms with Crippen LogP contribution in [-0.4, -0.2) is 37.7 Å². The van der Waals surface area contributed by atoms with E-state index in [9.17, 15) is 0 Å². The van der Waals surface area contributed by atoms with Gasteiger partial charge >= 0.3 is 0 Å². The van der Waals surface area contributed by atoms with Crippen LogP contribution in [0.4, 0.5) is 0 Å². The summed E-state index contributed by atoms with van der Waals surface area (Å²) >= 11 is 0. The summed E-state index contributed by atoms with van der Waals surface area (Å²) < 4.78 is 5.55. The monoisotopic (exact) mass is 392 g/mol. The molecule has 0 bridgehead atoms. The molecule has 0 aliphatic heterocycles. The summed E-state index contributed by atoms with van der Waals surface area (Å²) in [6, 6.07) is 8.38. The van der Waals surface area contributed by atoms with Gasteiger partial charge in [-0.2, -0.15) is 0 Å². The molecule has 3 nitrogen and oxygen atoms in total. The van der Waals surface area contributed by atoms with Crippen molar-refractivity contribution in [2.24, 2.45) is 0 Å². The standard InChI is InChI=1S/C20H36N2O.2ClH/c1-4-7-14-22(15-8-5-2)16-10-13-21-18-19-11-9-12-20(17-19)23-6-3;;/h9,11-12,17,21H,4-8,10,13-16,18H2,1-3H3;2*1H. The Bertz CT molecular complexity index is 397. The van der Waals surface area contributed by atoms with Crippen LogP contribution >= 0.6 is 24.8 Å². The maximum absolute atomic E-state index is 5.55. The minimum Gasteiger partial charge on any atom is -0.494 e. The molecule has 0 atom stereocenters. The highest BCUT2D eigenvalue weighted by molar-refractivity contribution is 5.85. The maximum Gasteiger partial charge on any atom is 0.119 e. The molecule has 0 spiro atoms. The average molecular weight is 393 g/mol. The van der Waals surface area contributed by atoms with Crippen molar-refractivity contribution in [1.29, 1.82) is 0 Å². The first-order valence-corrected chi connectivity index (χ1v) is 9.44. The number of benzene rings is 1. The summed E-state index contributed by atoms with van der Waals surface area (Å²) in [5, 5.41) is 3.56. The molecule has 1 aromatic rings. The van der Waals surface area contributed by atoms with E-state index in [4.69, 9.17) is 4.74 Å². The normalized spacial score (nSPS) is 10.2. The highest BCUT2D eigenvalue weighted by Gasteiger charge is 2.03. The van der Waals surface area contributed by atoms with Crippen molar-refractivity contribution in [2.45, 2.75) is 59.4 Å². The van der Waals surface area contributed by atoms with E-state index in [-0.39, 0.29) is 24.8 Å². The van der Waals surface area contributed by atoms with Crippen molar-refractivity contribution in [1.82, 2.24) is 10.2 Å². The lowest BCUT2D eigenvalue weighted by molar-refractivity contribution is 0.261. The fourth-order valence-corrected chi connectivity index (χ4v) is 2.67. The Kier molecular flexibility index (Phi) is 19.6. The summed E-state index contributed by atoms with van der Waals surface area (Å²) in [6.45, 7) is 13.0. The van der Waals surface area contributed by atoms with Gasteiger partial charge in [-0.3, -0.25) is 0 Å². The number of hydrogen-bond donors (Lipinski definition) is 1. The molecule has 0 unspecified atom stereocenters. The first kappa shape index (κ1) is 26.7. The van der Waals surface area contributed by atoms with Gasteiger partial charge in [-0.05, 0) is 70.1 Å². The van der Waals surface area contributed by atoms with E-state index in [0.29, 0.717) is 0 Å². The van der Waals surface area contributed by atoms with Gasteiger partial charge in [0.05, 0.1) is 6.61 Å². The number of nitrogens with one attached hydrogen (secondary N) is 1. The number of ether oxygens (including phenoxy) is 1. The van der Waals surface area contributed by atoms with E-state index in [2.05, 4.69) is 42.3 Å². The second-order valence-corrected chi connectivity index (χ2v) is 6.16. The second-order valence-electron chi connectivity index (χ2n) is 6.16. The summed E-state index contributed by atoms with van der Waals surface area (Å²) in [7, 11) is 0. The van der Waals surface area contributed by atoms with Gasteiger partial charge in [-0.25, -0.2) is 0 Å². The van der Waals surface area contributed by atoms with Gasteiger partial charge in [0, 0.05) is 6.54 Å². The van der Waals surface area contributed by atoms with E-state index in [1.165, 1.54) is 57.3 Å². The van der Waals surface area contributed by atoms with E-state index >= 15 is 0 Å². The number of halogens is 2. The second kappa shape index (κ2) is 18.3. The van der Waals surface area contributed by atoms with E-state index in [0.717, 1.165) is 25.4 Å². The van der Waals surface area contributed by atoms with E-state index < -0.39 is 0 Å².